The van der Waals surface area contributed by atoms with Gasteiger partial charge in [-0.05, 0) is 30.2 Å². The number of piperidine rings is 1. The third kappa shape index (κ3) is 3.03. The first-order valence-corrected chi connectivity index (χ1v) is 8.83. The van der Waals surface area contributed by atoms with Crippen LogP contribution in [-0.2, 0) is 16.0 Å². The van der Waals surface area contributed by atoms with E-state index in [0.29, 0.717) is 30.6 Å². The summed E-state index contributed by atoms with van der Waals surface area (Å²) in [5.74, 6) is 1.86. The van der Waals surface area contributed by atoms with Crippen LogP contribution in [0.1, 0.15) is 35.5 Å². The molecule has 0 radical (unpaired) electrons. The topological polar surface area (TPSA) is 68.5 Å². The minimum Gasteiger partial charge on any atom is -0.365 e. The number of nitrogens with zero attached hydrogens (tertiary/aromatic N) is 3. The van der Waals surface area contributed by atoms with Crippen LogP contribution in [0.2, 0.25) is 0 Å². The molecule has 0 spiro atoms. The Morgan fingerprint density at radius 2 is 2.43 bits per heavy atom. The Morgan fingerprint density at radius 3 is 3.17 bits per heavy atom. The van der Waals surface area contributed by atoms with E-state index in [0.717, 1.165) is 24.3 Å². The molecule has 2 aromatic heterocycles. The molecule has 4 heterocycles. The lowest BCUT2D eigenvalue weighted by molar-refractivity contribution is -0.134. The maximum atomic E-state index is 12.4. The lowest BCUT2D eigenvalue weighted by Crippen LogP contribution is -2.45. The average molecular weight is 333 g/mol. The van der Waals surface area contributed by atoms with Crippen molar-refractivity contribution in [2.75, 3.05) is 13.1 Å². The van der Waals surface area contributed by atoms with Crippen LogP contribution in [0, 0.1) is 12.8 Å². The van der Waals surface area contributed by atoms with Crippen molar-refractivity contribution in [3.8, 4) is 0 Å². The molecule has 2 saturated heterocycles. The van der Waals surface area contributed by atoms with Gasteiger partial charge in [0, 0.05) is 24.9 Å². The van der Waals surface area contributed by atoms with E-state index in [1.54, 1.807) is 18.3 Å². The maximum absolute atomic E-state index is 12.4. The molecule has 4 rings (SSSR count). The summed E-state index contributed by atoms with van der Waals surface area (Å²) in [7, 11) is 0. The van der Waals surface area contributed by atoms with Gasteiger partial charge >= 0.3 is 0 Å². The van der Waals surface area contributed by atoms with E-state index in [9.17, 15) is 4.79 Å². The minimum absolute atomic E-state index is 0.0832. The van der Waals surface area contributed by atoms with Crippen LogP contribution in [0.15, 0.2) is 22.0 Å². The van der Waals surface area contributed by atoms with Crippen LogP contribution < -0.4 is 0 Å². The second-order valence-electron chi connectivity index (χ2n) is 6.22. The van der Waals surface area contributed by atoms with Crippen LogP contribution in [0.3, 0.4) is 0 Å². The number of ether oxygens (including phenoxy) is 1. The first-order valence-electron chi connectivity index (χ1n) is 7.95. The van der Waals surface area contributed by atoms with Crippen molar-refractivity contribution < 1.29 is 14.1 Å². The summed E-state index contributed by atoms with van der Waals surface area (Å²) in [4.78, 5) is 19.8. The van der Waals surface area contributed by atoms with Crippen molar-refractivity contribution in [1.29, 1.82) is 0 Å². The fraction of sp³-hybridized carbons (Fsp3) is 0.562. The fourth-order valence-corrected chi connectivity index (χ4v) is 4.14. The molecule has 1 amide bonds. The van der Waals surface area contributed by atoms with Gasteiger partial charge in [-0.1, -0.05) is 11.2 Å². The Bertz CT molecular complexity index is 685. The van der Waals surface area contributed by atoms with Crippen LogP contribution in [0.5, 0.6) is 0 Å². The zero-order valence-electron chi connectivity index (χ0n) is 13.0. The number of hydrogen-bond donors (Lipinski definition) is 0. The molecule has 3 atom stereocenters. The number of carbonyl (C=O) groups is 1. The molecule has 2 aromatic rings. The number of aromatic nitrogens is 2. The van der Waals surface area contributed by atoms with Gasteiger partial charge in [-0.25, -0.2) is 0 Å². The lowest BCUT2D eigenvalue weighted by Gasteiger charge is -2.34. The number of thiophene rings is 1. The second kappa shape index (κ2) is 6.05. The number of aryl methyl sites for hydroxylation is 1. The zero-order chi connectivity index (χ0) is 15.8. The molecule has 0 N–H and O–H groups in total. The summed E-state index contributed by atoms with van der Waals surface area (Å²) in [6.45, 7) is 3.26. The van der Waals surface area contributed by atoms with Crippen LogP contribution in [-0.4, -0.2) is 40.1 Å². The van der Waals surface area contributed by atoms with Crippen LogP contribution in [0.4, 0.5) is 0 Å². The molecular formula is C16H19N3O3S. The van der Waals surface area contributed by atoms with Gasteiger partial charge in [0.15, 0.2) is 0 Å². The van der Waals surface area contributed by atoms with Gasteiger partial charge in [0.25, 0.3) is 0 Å². The van der Waals surface area contributed by atoms with Crippen molar-refractivity contribution in [1.82, 2.24) is 15.0 Å². The number of likely N-dealkylation sites (tertiary alicyclic amines) is 1. The summed E-state index contributed by atoms with van der Waals surface area (Å²) < 4.78 is 11.1. The van der Waals surface area contributed by atoms with Crippen molar-refractivity contribution in [2.45, 2.75) is 38.4 Å². The SMILES string of the molecule is Cc1nc([C@@H]2C[C@@H]3CCN(C(=O)Cc4cccs4)C[C@H]3O2)no1. The van der Waals surface area contributed by atoms with E-state index in [-0.39, 0.29) is 18.1 Å². The van der Waals surface area contributed by atoms with Gasteiger partial charge in [-0.2, -0.15) is 4.98 Å². The van der Waals surface area contributed by atoms with Gasteiger partial charge in [0.2, 0.25) is 17.6 Å². The first-order chi connectivity index (χ1) is 11.2. The van der Waals surface area contributed by atoms with E-state index in [2.05, 4.69) is 10.1 Å². The van der Waals surface area contributed by atoms with Crippen LogP contribution in [0.25, 0.3) is 0 Å². The van der Waals surface area contributed by atoms with Gasteiger partial charge < -0.3 is 14.2 Å². The Morgan fingerprint density at radius 1 is 1.52 bits per heavy atom. The molecule has 0 aromatic carbocycles. The predicted octanol–water partition coefficient (Wildman–Crippen LogP) is 2.36. The maximum Gasteiger partial charge on any atom is 0.227 e. The number of amides is 1. The molecule has 2 fully saturated rings. The Kier molecular flexibility index (Phi) is 3.90. The molecule has 0 aliphatic carbocycles. The number of rotatable bonds is 3. The van der Waals surface area contributed by atoms with Gasteiger partial charge in [-0.15, -0.1) is 11.3 Å². The fourth-order valence-electron chi connectivity index (χ4n) is 3.44. The minimum atomic E-state index is -0.102. The van der Waals surface area contributed by atoms with Crippen LogP contribution >= 0.6 is 11.3 Å². The van der Waals surface area contributed by atoms with Crippen molar-refractivity contribution in [2.24, 2.45) is 5.92 Å². The highest BCUT2D eigenvalue weighted by Crippen LogP contribution is 2.40. The third-order valence-electron chi connectivity index (χ3n) is 4.64. The van der Waals surface area contributed by atoms with E-state index in [4.69, 9.17) is 9.26 Å². The Hall–Kier alpha value is -1.73. The number of hydrogen-bond acceptors (Lipinski definition) is 6. The Balaban J connectivity index is 1.38. The monoisotopic (exact) mass is 333 g/mol. The van der Waals surface area contributed by atoms with E-state index < -0.39 is 0 Å². The third-order valence-corrected chi connectivity index (χ3v) is 5.52. The smallest absolute Gasteiger partial charge is 0.227 e. The molecule has 0 saturated carbocycles. The molecule has 7 heteroatoms. The van der Waals surface area contributed by atoms with Crippen molar-refractivity contribution in [3.05, 3.63) is 34.1 Å². The van der Waals surface area contributed by atoms with Gasteiger partial charge in [0.05, 0.1) is 12.5 Å². The number of carbonyl (C=O) groups excluding carboxylic acids is 1. The van der Waals surface area contributed by atoms with Gasteiger partial charge in [-0.3, -0.25) is 4.79 Å². The summed E-state index contributed by atoms with van der Waals surface area (Å²) >= 11 is 1.63. The highest BCUT2D eigenvalue weighted by atomic mass is 32.1. The largest absolute Gasteiger partial charge is 0.365 e. The normalized spacial score (nSPS) is 27.2. The van der Waals surface area contributed by atoms with E-state index in [1.807, 2.05) is 22.4 Å². The standard InChI is InChI=1S/C16H19N3O3S/c1-10-17-16(18-22-10)13-7-11-4-5-19(9-14(11)21-13)15(20)8-12-3-2-6-23-12/h2-3,6,11,13-14H,4-5,7-9H2,1H3/t11-,13-,14+/m0/s1. The highest BCUT2D eigenvalue weighted by molar-refractivity contribution is 7.10. The first kappa shape index (κ1) is 14.8. The summed E-state index contributed by atoms with van der Waals surface area (Å²) in [5, 5.41) is 5.98. The molecule has 0 unspecified atom stereocenters. The molecule has 6 nitrogen and oxygen atoms in total. The Labute approximate surface area is 138 Å². The van der Waals surface area contributed by atoms with Crippen molar-refractivity contribution >= 4 is 17.2 Å². The predicted molar refractivity (Wildman–Crippen MR) is 84.0 cm³/mol. The molecule has 23 heavy (non-hydrogen) atoms. The van der Waals surface area contributed by atoms with E-state index >= 15 is 0 Å². The highest BCUT2D eigenvalue weighted by Gasteiger charge is 2.42. The lowest BCUT2D eigenvalue weighted by atomic mass is 9.91. The quantitative estimate of drug-likeness (QED) is 0.862. The molecule has 2 aliphatic rings. The molecule has 122 valence electrons. The molecular weight excluding hydrogens is 314 g/mol. The summed E-state index contributed by atoms with van der Waals surface area (Å²) in [5.41, 5.74) is 0. The van der Waals surface area contributed by atoms with Crippen molar-refractivity contribution in [3.63, 3.8) is 0 Å². The summed E-state index contributed by atoms with van der Waals surface area (Å²) in [6.07, 6.45) is 2.36. The zero-order valence-corrected chi connectivity index (χ0v) is 13.8. The average Bonchev–Trinajstić information content (AvgIpc) is 3.25. The molecule has 2 aliphatic heterocycles. The molecule has 0 bridgehead atoms. The van der Waals surface area contributed by atoms with Gasteiger partial charge in [0.1, 0.15) is 6.10 Å². The second-order valence-corrected chi connectivity index (χ2v) is 7.25. The van der Waals surface area contributed by atoms with E-state index in [1.165, 1.54) is 0 Å². The number of fused-ring (bicyclic) bond motifs is 1. The summed E-state index contributed by atoms with van der Waals surface area (Å²) in [6, 6.07) is 3.99.